The Kier molecular flexibility index (Phi) is 5.76. The second-order valence-electron chi connectivity index (χ2n) is 5.76. The highest BCUT2D eigenvalue weighted by Crippen LogP contribution is 2.16. The maximum atomic E-state index is 12.5. The van der Waals surface area contributed by atoms with Gasteiger partial charge in [0.05, 0.1) is 24.9 Å². The fourth-order valence-electron chi connectivity index (χ4n) is 2.56. The van der Waals surface area contributed by atoms with Gasteiger partial charge < -0.3 is 25.2 Å². The Morgan fingerprint density at radius 2 is 1.91 bits per heavy atom. The van der Waals surface area contributed by atoms with E-state index in [0.717, 1.165) is 5.69 Å². The monoisotopic (exact) mass is 308 g/mol. The third-order valence-electron chi connectivity index (χ3n) is 3.59. The maximum Gasteiger partial charge on any atom is 0.254 e. The summed E-state index contributed by atoms with van der Waals surface area (Å²) in [6.45, 7) is 5.13. The maximum absolute atomic E-state index is 12.5. The van der Waals surface area contributed by atoms with Gasteiger partial charge in [-0.1, -0.05) is 0 Å². The van der Waals surface area contributed by atoms with Gasteiger partial charge in [-0.25, -0.2) is 0 Å². The summed E-state index contributed by atoms with van der Waals surface area (Å²) in [7, 11) is 0. The van der Waals surface area contributed by atoms with Crippen molar-refractivity contribution in [1.29, 1.82) is 0 Å². The average Bonchev–Trinajstić information content (AvgIpc) is 2.51. The number of nitrogens with one attached hydrogen (secondary N) is 1. The smallest absolute Gasteiger partial charge is 0.254 e. The number of rotatable bonds is 5. The van der Waals surface area contributed by atoms with E-state index in [4.69, 9.17) is 9.84 Å². The topological polar surface area (TPSA) is 82.0 Å². The molecule has 122 valence electrons. The van der Waals surface area contributed by atoms with Crippen LogP contribution in [-0.2, 0) is 4.74 Å². The highest BCUT2D eigenvalue weighted by molar-refractivity contribution is 5.94. The van der Waals surface area contributed by atoms with Crippen LogP contribution in [0.4, 0.5) is 5.69 Å². The van der Waals surface area contributed by atoms with Crippen LogP contribution in [0.2, 0.25) is 0 Å². The van der Waals surface area contributed by atoms with Crippen molar-refractivity contribution < 1.29 is 19.7 Å². The number of morpholine rings is 1. The van der Waals surface area contributed by atoms with E-state index in [1.807, 2.05) is 18.7 Å². The minimum absolute atomic E-state index is 0.00365. The Labute approximate surface area is 130 Å². The Bertz CT molecular complexity index is 481. The van der Waals surface area contributed by atoms with Crippen LogP contribution in [-0.4, -0.2) is 65.6 Å². The molecule has 3 unspecified atom stereocenters. The molecule has 6 nitrogen and oxygen atoms in total. The van der Waals surface area contributed by atoms with E-state index in [0.29, 0.717) is 18.7 Å². The lowest BCUT2D eigenvalue weighted by Gasteiger charge is -2.35. The quantitative estimate of drug-likeness (QED) is 0.746. The first kappa shape index (κ1) is 16.7. The van der Waals surface area contributed by atoms with Crippen molar-refractivity contribution in [2.75, 3.05) is 31.6 Å². The van der Waals surface area contributed by atoms with Gasteiger partial charge in [0.1, 0.15) is 0 Å². The zero-order chi connectivity index (χ0) is 16.1. The molecule has 1 aromatic carbocycles. The molecule has 6 heteroatoms. The van der Waals surface area contributed by atoms with E-state index in [1.165, 1.54) is 0 Å². The number of hydrogen-bond donors (Lipinski definition) is 3. The molecule has 1 fully saturated rings. The number of carbonyl (C=O) groups is 1. The van der Waals surface area contributed by atoms with Crippen LogP contribution in [0.3, 0.4) is 0 Å². The van der Waals surface area contributed by atoms with Gasteiger partial charge in [-0.3, -0.25) is 4.79 Å². The standard InChI is InChI=1S/C16H24N2O4/c1-11-8-18(9-12(2)22-11)16(21)13-3-5-14(6-4-13)17-7-15(20)10-19/h3-6,11-12,15,17,19-20H,7-10H2,1-2H3. The van der Waals surface area contributed by atoms with Crippen LogP contribution < -0.4 is 5.32 Å². The number of nitrogens with zero attached hydrogens (tertiary/aromatic N) is 1. The number of aliphatic hydroxyl groups excluding tert-OH is 2. The van der Waals surface area contributed by atoms with Crippen LogP contribution in [0, 0.1) is 0 Å². The summed E-state index contributed by atoms with van der Waals surface area (Å²) in [5.74, 6) is 0.00365. The SMILES string of the molecule is CC1CN(C(=O)c2ccc(NCC(O)CO)cc2)CC(C)O1. The predicted molar refractivity (Wildman–Crippen MR) is 83.9 cm³/mol. The number of benzene rings is 1. The normalized spacial score (nSPS) is 23.2. The van der Waals surface area contributed by atoms with Crippen molar-refractivity contribution in [2.24, 2.45) is 0 Å². The van der Waals surface area contributed by atoms with E-state index < -0.39 is 6.10 Å². The highest BCUT2D eigenvalue weighted by Gasteiger charge is 2.26. The number of hydrogen-bond acceptors (Lipinski definition) is 5. The molecule has 1 aliphatic heterocycles. The number of anilines is 1. The molecule has 3 N–H and O–H groups in total. The molecule has 0 aliphatic carbocycles. The highest BCUT2D eigenvalue weighted by atomic mass is 16.5. The first-order valence-corrected chi connectivity index (χ1v) is 7.57. The van der Waals surface area contributed by atoms with Crippen molar-refractivity contribution >= 4 is 11.6 Å². The second kappa shape index (κ2) is 7.58. The van der Waals surface area contributed by atoms with E-state index in [1.54, 1.807) is 24.3 Å². The van der Waals surface area contributed by atoms with Crippen LogP contribution in [0.5, 0.6) is 0 Å². The molecule has 1 amide bonds. The number of amides is 1. The van der Waals surface area contributed by atoms with Gasteiger partial charge in [0.2, 0.25) is 0 Å². The third-order valence-corrected chi connectivity index (χ3v) is 3.59. The lowest BCUT2D eigenvalue weighted by Crippen LogP contribution is -2.48. The minimum Gasteiger partial charge on any atom is -0.394 e. The summed E-state index contributed by atoms with van der Waals surface area (Å²) in [6, 6.07) is 7.12. The molecular formula is C16H24N2O4. The molecule has 0 spiro atoms. The van der Waals surface area contributed by atoms with Gasteiger partial charge in [-0.15, -0.1) is 0 Å². The Balaban J connectivity index is 1.96. The van der Waals surface area contributed by atoms with Crippen molar-refractivity contribution in [3.05, 3.63) is 29.8 Å². The van der Waals surface area contributed by atoms with Crippen molar-refractivity contribution in [3.8, 4) is 0 Å². The minimum atomic E-state index is -0.794. The van der Waals surface area contributed by atoms with Crippen molar-refractivity contribution in [1.82, 2.24) is 4.90 Å². The summed E-state index contributed by atoms with van der Waals surface area (Å²) < 4.78 is 5.64. The van der Waals surface area contributed by atoms with Crippen LogP contribution in [0.1, 0.15) is 24.2 Å². The van der Waals surface area contributed by atoms with Gasteiger partial charge in [0.15, 0.2) is 0 Å². The lowest BCUT2D eigenvalue weighted by molar-refractivity contribution is -0.0586. The first-order chi connectivity index (χ1) is 10.5. The number of aliphatic hydroxyl groups is 2. The molecule has 0 saturated carbocycles. The summed E-state index contributed by atoms with van der Waals surface area (Å²) in [4.78, 5) is 14.3. The molecule has 1 heterocycles. The van der Waals surface area contributed by atoms with E-state index in [-0.39, 0.29) is 31.3 Å². The predicted octanol–water partition coefficient (Wildman–Crippen LogP) is 0.701. The summed E-state index contributed by atoms with van der Waals surface area (Å²) in [5, 5.41) is 21.1. The summed E-state index contributed by atoms with van der Waals surface area (Å²) in [5.41, 5.74) is 1.43. The lowest BCUT2D eigenvalue weighted by atomic mass is 10.1. The zero-order valence-corrected chi connectivity index (χ0v) is 13.0. The second-order valence-corrected chi connectivity index (χ2v) is 5.76. The van der Waals surface area contributed by atoms with E-state index in [9.17, 15) is 9.90 Å². The molecule has 1 aliphatic rings. The van der Waals surface area contributed by atoms with Crippen LogP contribution in [0.25, 0.3) is 0 Å². The largest absolute Gasteiger partial charge is 0.394 e. The van der Waals surface area contributed by atoms with E-state index in [2.05, 4.69) is 5.32 Å². The van der Waals surface area contributed by atoms with Gasteiger partial charge in [-0.05, 0) is 38.1 Å². The van der Waals surface area contributed by atoms with Gasteiger partial charge in [0, 0.05) is 30.9 Å². The fourth-order valence-corrected chi connectivity index (χ4v) is 2.56. The number of ether oxygens (including phenoxy) is 1. The van der Waals surface area contributed by atoms with Crippen LogP contribution in [0.15, 0.2) is 24.3 Å². The molecule has 3 atom stereocenters. The molecule has 0 aromatic heterocycles. The molecular weight excluding hydrogens is 284 g/mol. The molecule has 22 heavy (non-hydrogen) atoms. The molecule has 1 saturated heterocycles. The first-order valence-electron chi connectivity index (χ1n) is 7.57. The van der Waals surface area contributed by atoms with Crippen LogP contribution >= 0.6 is 0 Å². The molecule has 0 bridgehead atoms. The summed E-state index contributed by atoms with van der Waals surface area (Å²) in [6.07, 6.45) is -0.695. The third kappa shape index (κ3) is 4.43. The number of carbonyl (C=O) groups excluding carboxylic acids is 1. The fraction of sp³-hybridized carbons (Fsp3) is 0.562. The Morgan fingerprint density at radius 1 is 1.32 bits per heavy atom. The van der Waals surface area contributed by atoms with Gasteiger partial charge >= 0.3 is 0 Å². The average molecular weight is 308 g/mol. The van der Waals surface area contributed by atoms with E-state index >= 15 is 0 Å². The molecule has 2 rings (SSSR count). The zero-order valence-electron chi connectivity index (χ0n) is 13.0. The molecule has 0 radical (unpaired) electrons. The molecule has 1 aromatic rings. The van der Waals surface area contributed by atoms with Crippen molar-refractivity contribution in [3.63, 3.8) is 0 Å². The van der Waals surface area contributed by atoms with Gasteiger partial charge in [-0.2, -0.15) is 0 Å². The Hall–Kier alpha value is -1.63. The van der Waals surface area contributed by atoms with Crippen molar-refractivity contribution in [2.45, 2.75) is 32.2 Å². The van der Waals surface area contributed by atoms with Gasteiger partial charge in [0.25, 0.3) is 5.91 Å². The Morgan fingerprint density at radius 3 is 2.45 bits per heavy atom. The summed E-state index contributed by atoms with van der Waals surface area (Å²) >= 11 is 0.